The maximum Gasteiger partial charge on any atom is 0.331 e. The van der Waals surface area contributed by atoms with Gasteiger partial charge in [0.2, 0.25) is 0 Å². The first-order chi connectivity index (χ1) is 14.9. The van der Waals surface area contributed by atoms with E-state index >= 15 is 0 Å². The number of hydrogen-bond acceptors (Lipinski definition) is 6. The number of anilines is 1. The maximum atomic E-state index is 12.2. The van der Waals surface area contributed by atoms with Crippen LogP contribution < -0.4 is 19.5 Å². The summed E-state index contributed by atoms with van der Waals surface area (Å²) in [6.45, 7) is 5.90. The van der Waals surface area contributed by atoms with Crippen molar-refractivity contribution in [1.82, 2.24) is 0 Å². The Balaban J connectivity index is 1.60. The van der Waals surface area contributed by atoms with Gasteiger partial charge in [0.15, 0.2) is 6.61 Å². The quantitative estimate of drug-likeness (QED) is 0.510. The van der Waals surface area contributed by atoms with Crippen LogP contribution in [-0.4, -0.2) is 38.3 Å². The summed E-state index contributed by atoms with van der Waals surface area (Å²) < 4.78 is 21.8. The van der Waals surface area contributed by atoms with Crippen LogP contribution in [0.4, 0.5) is 5.69 Å². The van der Waals surface area contributed by atoms with E-state index < -0.39 is 18.5 Å². The van der Waals surface area contributed by atoms with Crippen molar-refractivity contribution in [3.8, 4) is 17.2 Å². The lowest BCUT2D eigenvalue weighted by atomic mass is 10.1. The van der Waals surface area contributed by atoms with Crippen LogP contribution in [0.3, 0.4) is 0 Å². The highest BCUT2D eigenvalue weighted by molar-refractivity contribution is 5.95. The van der Waals surface area contributed by atoms with E-state index in [2.05, 4.69) is 5.32 Å². The van der Waals surface area contributed by atoms with Crippen molar-refractivity contribution in [3.63, 3.8) is 0 Å². The molecular formula is C24H27NO6. The van der Waals surface area contributed by atoms with Crippen LogP contribution in [0.5, 0.6) is 17.2 Å². The minimum absolute atomic E-state index is 0.110. The van der Waals surface area contributed by atoms with E-state index in [4.69, 9.17) is 18.9 Å². The highest BCUT2D eigenvalue weighted by atomic mass is 16.5. The molecule has 0 bridgehead atoms. The van der Waals surface area contributed by atoms with E-state index in [0.717, 1.165) is 23.3 Å². The van der Waals surface area contributed by atoms with Crippen LogP contribution in [-0.2, 0) is 20.7 Å². The number of hydrogen-bond donors (Lipinski definition) is 1. The van der Waals surface area contributed by atoms with E-state index in [0.29, 0.717) is 29.4 Å². The average Bonchev–Trinajstić information content (AvgIpc) is 3.09. The topological polar surface area (TPSA) is 83.1 Å². The molecule has 2 aromatic carbocycles. The molecule has 0 aromatic heterocycles. The number of carbonyl (C=O) groups is 2. The van der Waals surface area contributed by atoms with Gasteiger partial charge < -0.3 is 24.3 Å². The standard InChI is InChI=1S/C24H27NO6/c1-5-29-21-13-18-11-16(3)31-22(18)12-17(21)7-9-24(27)30-14-23(26)25-19-10-15(2)6-8-20(19)28-4/h6-10,12-13,16H,5,11,14H2,1-4H3,(H,25,26)/b9-7+/t16-/m1/s1. The Morgan fingerprint density at radius 1 is 1.23 bits per heavy atom. The first-order valence-electron chi connectivity index (χ1n) is 10.1. The van der Waals surface area contributed by atoms with Crippen molar-refractivity contribution in [2.45, 2.75) is 33.3 Å². The van der Waals surface area contributed by atoms with Gasteiger partial charge in [-0.05, 0) is 56.7 Å². The fourth-order valence-electron chi connectivity index (χ4n) is 3.31. The Morgan fingerprint density at radius 2 is 2.03 bits per heavy atom. The van der Waals surface area contributed by atoms with Gasteiger partial charge in [-0.3, -0.25) is 4.79 Å². The van der Waals surface area contributed by atoms with Crippen molar-refractivity contribution < 1.29 is 28.5 Å². The van der Waals surface area contributed by atoms with Crippen molar-refractivity contribution in [2.75, 3.05) is 25.6 Å². The molecule has 1 atom stereocenters. The van der Waals surface area contributed by atoms with Crippen molar-refractivity contribution in [3.05, 3.63) is 53.1 Å². The van der Waals surface area contributed by atoms with E-state index in [1.54, 1.807) is 18.2 Å². The zero-order valence-corrected chi connectivity index (χ0v) is 18.2. The molecule has 1 aliphatic rings. The molecule has 0 fully saturated rings. The number of carbonyl (C=O) groups excluding carboxylic acids is 2. The first kappa shape index (κ1) is 22.2. The fraction of sp³-hybridized carbons (Fsp3) is 0.333. The number of ether oxygens (including phenoxy) is 4. The number of amides is 1. The lowest BCUT2D eigenvalue weighted by Crippen LogP contribution is -2.20. The van der Waals surface area contributed by atoms with Gasteiger partial charge in [-0.15, -0.1) is 0 Å². The molecule has 0 spiro atoms. The molecule has 1 amide bonds. The third-order valence-electron chi connectivity index (χ3n) is 4.70. The van der Waals surface area contributed by atoms with Gasteiger partial charge in [-0.2, -0.15) is 0 Å². The normalized spacial score (nSPS) is 14.6. The second-order valence-corrected chi connectivity index (χ2v) is 7.26. The van der Waals surface area contributed by atoms with E-state index in [1.807, 2.05) is 39.0 Å². The number of esters is 1. The van der Waals surface area contributed by atoms with Crippen LogP contribution in [0.15, 0.2) is 36.4 Å². The van der Waals surface area contributed by atoms with Crippen LogP contribution in [0.1, 0.15) is 30.5 Å². The molecule has 1 aliphatic heterocycles. The number of fused-ring (bicyclic) bond motifs is 1. The molecule has 0 unspecified atom stereocenters. The lowest BCUT2D eigenvalue weighted by Gasteiger charge is -2.11. The van der Waals surface area contributed by atoms with Gasteiger partial charge in [0.05, 0.1) is 19.4 Å². The minimum atomic E-state index is -0.636. The maximum absolute atomic E-state index is 12.2. The molecule has 0 aliphatic carbocycles. The highest BCUT2D eigenvalue weighted by Gasteiger charge is 2.21. The highest BCUT2D eigenvalue weighted by Crippen LogP contribution is 2.35. The number of methoxy groups -OCH3 is 1. The van der Waals surface area contributed by atoms with Gasteiger partial charge in [0, 0.05) is 23.6 Å². The third-order valence-corrected chi connectivity index (χ3v) is 4.70. The van der Waals surface area contributed by atoms with Crippen molar-refractivity contribution in [2.24, 2.45) is 0 Å². The Morgan fingerprint density at radius 3 is 2.77 bits per heavy atom. The molecule has 164 valence electrons. The summed E-state index contributed by atoms with van der Waals surface area (Å²) in [5, 5.41) is 2.69. The summed E-state index contributed by atoms with van der Waals surface area (Å²) >= 11 is 0. The summed E-state index contributed by atoms with van der Waals surface area (Å²) in [5.74, 6) is 0.897. The van der Waals surface area contributed by atoms with Gasteiger partial charge in [0.25, 0.3) is 5.91 Å². The summed E-state index contributed by atoms with van der Waals surface area (Å²) in [6, 6.07) is 9.21. The molecule has 7 nitrogen and oxygen atoms in total. The van der Waals surface area contributed by atoms with Crippen LogP contribution in [0.2, 0.25) is 0 Å². The predicted octanol–water partition coefficient (Wildman–Crippen LogP) is 3.92. The summed E-state index contributed by atoms with van der Waals surface area (Å²) in [7, 11) is 1.52. The Kier molecular flexibility index (Phi) is 7.18. The molecular weight excluding hydrogens is 398 g/mol. The SMILES string of the molecule is CCOc1cc2c(cc1/C=C/C(=O)OCC(=O)Nc1cc(C)ccc1OC)O[C@H](C)C2. The van der Waals surface area contributed by atoms with Crippen molar-refractivity contribution in [1.29, 1.82) is 0 Å². The zero-order valence-electron chi connectivity index (χ0n) is 18.2. The molecule has 7 heteroatoms. The Labute approximate surface area is 181 Å². The number of aryl methyl sites for hydroxylation is 1. The van der Waals surface area contributed by atoms with Crippen molar-refractivity contribution >= 4 is 23.6 Å². The summed E-state index contributed by atoms with van der Waals surface area (Å²) in [5.41, 5.74) is 3.28. The minimum Gasteiger partial charge on any atom is -0.495 e. The fourth-order valence-corrected chi connectivity index (χ4v) is 3.31. The molecule has 1 heterocycles. The van der Waals surface area contributed by atoms with Crippen LogP contribution in [0, 0.1) is 6.92 Å². The molecule has 0 saturated heterocycles. The van der Waals surface area contributed by atoms with Crippen LogP contribution in [0.25, 0.3) is 6.08 Å². The third kappa shape index (κ3) is 5.78. The number of benzene rings is 2. The second-order valence-electron chi connectivity index (χ2n) is 7.26. The molecule has 2 aromatic rings. The molecule has 0 saturated carbocycles. The van der Waals surface area contributed by atoms with Crippen LogP contribution >= 0.6 is 0 Å². The summed E-state index contributed by atoms with van der Waals surface area (Å²) in [4.78, 5) is 24.3. The molecule has 1 N–H and O–H groups in total. The number of rotatable bonds is 8. The van der Waals surface area contributed by atoms with E-state index in [9.17, 15) is 9.59 Å². The average molecular weight is 425 g/mol. The molecule has 31 heavy (non-hydrogen) atoms. The zero-order chi connectivity index (χ0) is 22.4. The molecule has 0 radical (unpaired) electrons. The number of nitrogens with one attached hydrogen (secondary N) is 1. The van der Waals surface area contributed by atoms with Gasteiger partial charge in [-0.25, -0.2) is 4.79 Å². The predicted molar refractivity (Wildman–Crippen MR) is 118 cm³/mol. The van der Waals surface area contributed by atoms with Gasteiger partial charge in [-0.1, -0.05) is 6.07 Å². The van der Waals surface area contributed by atoms with E-state index in [1.165, 1.54) is 13.2 Å². The molecule has 3 rings (SSSR count). The smallest absolute Gasteiger partial charge is 0.331 e. The first-order valence-corrected chi connectivity index (χ1v) is 10.1. The monoisotopic (exact) mass is 425 g/mol. The lowest BCUT2D eigenvalue weighted by molar-refractivity contribution is -0.142. The summed E-state index contributed by atoms with van der Waals surface area (Å²) in [6.07, 6.45) is 3.80. The Bertz CT molecular complexity index is 998. The Hall–Kier alpha value is -3.48. The largest absolute Gasteiger partial charge is 0.495 e. The second kappa shape index (κ2) is 10.0. The van der Waals surface area contributed by atoms with E-state index in [-0.39, 0.29) is 6.10 Å². The van der Waals surface area contributed by atoms with Gasteiger partial charge >= 0.3 is 5.97 Å². The van der Waals surface area contributed by atoms with Gasteiger partial charge in [0.1, 0.15) is 23.4 Å².